The van der Waals surface area contributed by atoms with Gasteiger partial charge in [0.25, 0.3) is 0 Å². The maximum Gasteiger partial charge on any atom is 1.00 e. The second-order valence-corrected chi connectivity index (χ2v) is 2.73. The molecule has 16 nitrogen and oxygen atoms in total. The quantitative estimate of drug-likeness (QED) is 0.139. The Hall–Kier alpha value is 0.650. The molecule has 0 aromatic heterocycles. The maximum absolute atomic E-state index is 8.74. The van der Waals surface area contributed by atoms with Crippen LogP contribution in [0.2, 0.25) is 0 Å². The van der Waals surface area contributed by atoms with Crippen LogP contribution < -0.4 is 29.6 Å². The van der Waals surface area contributed by atoms with E-state index in [1.807, 2.05) is 0 Å². The van der Waals surface area contributed by atoms with Crippen molar-refractivity contribution in [1.29, 1.82) is 0 Å². The summed E-state index contributed by atoms with van der Waals surface area (Å²) in [6, 6.07) is 0. The van der Waals surface area contributed by atoms with Gasteiger partial charge in [0.15, 0.2) is 0 Å². The van der Waals surface area contributed by atoms with Gasteiger partial charge >= 0.3 is 69.2 Å². The standard InChI is InChI=1S/4BH3O3.Na.H2O4S.H/c4*2-1(3)4;;1-5(2,3)4;/h4*2-4H;;(H2,1,2,3,4);/q;;;;+1;;-1. The molecule has 22 heteroatoms. The fourth-order valence-electron chi connectivity index (χ4n) is 0. The Morgan fingerprint density at radius 1 is 0.500 bits per heavy atom. The molecule has 0 radical (unpaired) electrons. The molecule has 0 aliphatic heterocycles. The van der Waals surface area contributed by atoms with E-state index >= 15 is 0 Å². The molecule has 0 spiro atoms. The molecule has 0 heterocycles. The predicted molar refractivity (Wildman–Crippen MR) is 64.9 cm³/mol. The monoisotopic (exact) mass is 370 g/mol. The molecule has 0 aromatic rings. The first-order chi connectivity index (χ1) is 8.93. The summed E-state index contributed by atoms with van der Waals surface area (Å²) < 4.78 is 31.6. The van der Waals surface area contributed by atoms with Gasteiger partial charge in [0.05, 0.1) is 0 Å². The van der Waals surface area contributed by atoms with Crippen LogP contribution in [0, 0.1) is 0 Å². The average Bonchev–Trinajstić information content (AvgIpc) is 1.91. The summed E-state index contributed by atoms with van der Waals surface area (Å²) in [5.41, 5.74) is 0. The van der Waals surface area contributed by atoms with Gasteiger partial charge < -0.3 is 61.7 Å². The zero-order chi connectivity index (χ0) is 18.8. The Morgan fingerprint density at radius 3 is 0.500 bits per heavy atom. The van der Waals surface area contributed by atoms with Gasteiger partial charge in [-0.15, -0.1) is 0 Å². The van der Waals surface area contributed by atoms with Crippen molar-refractivity contribution in [3.63, 3.8) is 0 Å². The molecule has 0 saturated heterocycles. The van der Waals surface area contributed by atoms with Crippen LogP contribution in [0.4, 0.5) is 0 Å². The zero-order valence-corrected chi connectivity index (χ0v) is 13.6. The van der Waals surface area contributed by atoms with Crippen LogP contribution in [0.5, 0.6) is 0 Å². The third kappa shape index (κ3) is 18900. The molecule has 130 valence electrons. The number of hydrogen-bond donors (Lipinski definition) is 14. The smallest absolute Gasteiger partial charge is 1.00 e. The van der Waals surface area contributed by atoms with Crippen molar-refractivity contribution in [3.8, 4) is 0 Å². The van der Waals surface area contributed by atoms with Gasteiger partial charge in [-0.05, 0) is 0 Å². The van der Waals surface area contributed by atoms with Gasteiger partial charge in [-0.2, -0.15) is 8.42 Å². The van der Waals surface area contributed by atoms with E-state index in [0.29, 0.717) is 0 Å². The Balaban J connectivity index is -0.0000000273. The fourth-order valence-corrected chi connectivity index (χ4v) is 0. The normalized spacial score (nSPS) is 7.55. The van der Waals surface area contributed by atoms with Gasteiger partial charge in [0, 0.05) is 0 Å². The van der Waals surface area contributed by atoms with E-state index < -0.39 is 39.7 Å². The first kappa shape index (κ1) is 38.3. The van der Waals surface area contributed by atoms with Gasteiger partial charge in [0.1, 0.15) is 0 Å². The average molecular weight is 369 g/mol. The van der Waals surface area contributed by atoms with E-state index in [-0.39, 0.29) is 31.0 Å². The van der Waals surface area contributed by atoms with Gasteiger partial charge in [-0.3, -0.25) is 9.11 Å². The third-order valence-electron chi connectivity index (χ3n) is 0. The van der Waals surface area contributed by atoms with Gasteiger partial charge in [0.2, 0.25) is 0 Å². The van der Waals surface area contributed by atoms with E-state index in [0.717, 1.165) is 0 Å². The first-order valence-corrected chi connectivity index (χ1v) is 5.19. The molecule has 14 N–H and O–H groups in total. The molecule has 0 unspecified atom stereocenters. The summed E-state index contributed by atoms with van der Waals surface area (Å²) >= 11 is 0. The topological polar surface area (TPSA) is 317 Å². The van der Waals surface area contributed by atoms with Gasteiger partial charge in [-0.25, -0.2) is 0 Å². The number of hydrogen-bond acceptors (Lipinski definition) is 14. The molecule has 0 aliphatic carbocycles. The Bertz CT molecular complexity index is 212. The van der Waals surface area contributed by atoms with Crippen molar-refractivity contribution in [2.24, 2.45) is 0 Å². The molecule has 0 atom stereocenters. The molecule has 0 saturated carbocycles. The van der Waals surface area contributed by atoms with Crippen LogP contribution in [0.1, 0.15) is 1.43 Å². The third-order valence-corrected chi connectivity index (χ3v) is 0. The van der Waals surface area contributed by atoms with Crippen molar-refractivity contribution >= 4 is 39.7 Å². The molecule has 0 bridgehead atoms. The molecule has 22 heavy (non-hydrogen) atoms. The molecular formula is H15B4NaO16S. The van der Waals surface area contributed by atoms with Crippen molar-refractivity contribution in [1.82, 2.24) is 0 Å². The first-order valence-electron chi connectivity index (χ1n) is 3.80. The molecule has 0 aromatic carbocycles. The van der Waals surface area contributed by atoms with E-state index in [9.17, 15) is 0 Å². The van der Waals surface area contributed by atoms with E-state index in [1.54, 1.807) is 0 Å². The maximum atomic E-state index is 8.74. The largest absolute Gasteiger partial charge is 1.00 e. The second kappa shape index (κ2) is 26.5. The predicted octanol–water partition coefficient (Wildman–Crippen LogP) is -11.7. The minimum Gasteiger partial charge on any atom is -1.00 e. The number of rotatable bonds is 0. The Labute approximate surface area is 148 Å². The van der Waals surface area contributed by atoms with Crippen LogP contribution >= 0.6 is 0 Å². The van der Waals surface area contributed by atoms with Crippen molar-refractivity contribution in [2.75, 3.05) is 0 Å². The summed E-state index contributed by atoms with van der Waals surface area (Å²) in [6.07, 6.45) is 0. The Kier molecular flexibility index (Phi) is 46.2. The second-order valence-electron chi connectivity index (χ2n) is 1.83. The Morgan fingerprint density at radius 2 is 0.500 bits per heavy atom. The molecule has 0 aliphatic rings. The molecule has 0 amide bonds. The summed E-state index contributed by atoms with van der Waals surface area (Å²) in [4.78, 5) is 0. The minimum atomic E-state index is -4.67. The van der Waals surface area contributed by atoms with E-state index in [4.69, 9.17) is 77.8 Å². The molecule has 0 fully saturated rings. The van der Waals surface area contributed by atoms with Crippen LogP contribution in [0.25, 0.3) is 0 Å². The van der Waals surface area contributed by atoms with Gasteiger partial charge in [-0.1, -0.05) is 0 Å². The van der Waals surface area contributed by atoms with E-state index in [1.165, 1.54) is 0 Å². The van der Waals surface area contributed by atoms with Crippen LogP contribution in [0.15, 0.2) is 0 Å². The van der Waals surface area contributed by atoms with Crippen LogP contribution in [-0.4, -0.2) is 107 Å². The van der Waals surface area contributed by atoms with Crippen molar-refractivity contribution < 1.29 is 109 Å². The minimum absolute atomic E-state index is 0. The summed E-state index contributed by atoms with van der Waals surface area (Å²) in [5.74, 6) is 0. The summed E-state index contributed by atoms with van der Waals surface area (Å²) in [7, 11) is -13.3. The fraction of sp³-hybridized carbons (Fsp3) is 0. The van der Waals surface area contributed by atoms with E-state index in [2.05, 4.69) is 0 Å². The van der Waals surface area contributed by atoms with Crippen LogP contribution in [-0.2, 0) is 10.4 Å². The van der Waals surface area contributed by atoms with Crippen molar-refractivity contribution in [2.45, 2.75) is 0 Å². The van der Waals surface area contributed by atoms with Crippen molar-refractivity contribution in [3.05, 3.63) is 0 Å². The summed E-state index contributed by atoms with van der Waals surface area (Å²) in [5, 5.41) is 86.0. The molecule has 0 rings (SSSR count). The van der Waals surface area contributed by atoms with Crippen LogP contribution in [0.3, 0.4) is 0 Å². The zero-order valence-electron chi connectivity index (χ0n) is 11.8. The SMILES string of the molecule is O=S(=O)(O)O.OB(O)O.OB(O)O.OB(O)O.OB(O)O.[H-].[Na+]. The molecular weight excluding hydrogens is 354 g/mol. The summed E-state index contributed by atoms with van der Waals surface area (Å²) in [6.45, 7) is 0.